The maximum absolute atomic E-state index is 12.7. The standard InChI is InChI=1S/C18H28N4O5S/c1-4-21(5-2)17(23)14-20-10-12-22(13-11-20)18(24)15-6-8-16(9-7-15)28(25,26)19-27-3/h6-9,19H,4-5,10-14H2,1-3H3. The Bertz CT molecular complexity index is 770. The van der Waals surface area contributed by atoms with Crippen LogP contribution in [0.4, 0.5) is 0 Å². The van der Waals surface area contributed by atoms with Crippen LogP contribution < -0.4 is 4.89 Å². The summed E-state index contributed by atoms with van der Waals surface area (Å²) in [6.45, 7) is 7.97. The summed E-state index contributed by atoms with van der Waals surface area (Å²) in [5.41, 5.74) is 0.420. The molecule has 1 aromatic carbocycles. The number of hydrogen-bond acceptors (Lipinski definition) is 6. The molecule has 156 valence electrons. The molecule has 0 aromatic heterocycles. The second-order valence-corrected chi connectivity index (χ2v) is 8.09. The van der Waals surface area contributed by atoms with Crippen LogP contribution in [-0.2, 0) is 19.7 Å². The van der Waals surface area contributed by atoms with E-state index in [1.54, 1.807) is 9.80 Å². The quantitative estimate of drug-likeness (QED) is 0.611. The molecule has 1 aliphatic rings. The van der Waals surface area contributed by atoms with Crippen LogP contribution in [0.5, 0.6) is 0 Å². The van der Waals surface area contributed by atoms with Crippen molar-refractivity contribution in [3.8, 4) is 0 Å². The highest BCUT2D eigenvalue weighted by atomic mass is 32.2. The summed E-state index contributed by atoms with van der Waals surface area (Å²) in [4.78, 5) is 36.8. The SMILES string of the molecule is CCN(CC)C(=O)CN1CCN(C(=O)c2ccc(S(=O)(=O)NOC)cc2)CC1. The van der Waals surface area contributed by atoms with Crippen molar-refractivity contribution in [2.45, 2.75) is 18.7 Å². The molecule has 0 saturated carbocycles. The summed E-state index contributed by atoms with van der Waals surface area (Å²) in [6, 6.07) is 5.72. The third-order valence-electron chi connectivity index (χ3n) is 4.74. The van der Waals surface area contributed by atoms with Gasteiger partial charge in [0, 0.05) is 44.8 Å². The Morgan fingerprint density at radius 1 is 1.07 bits per heavy atom. The molecule has 0 unspecified atom stereocenters. The van der Waals surface area contributed by atoms with Gasteiger partial charge in [0.25, 0.3) is 15.9 Å². The molecule has 0 spiro atoms. The molecule has 1 N–H and O–H groups in total. The molecule has 9 nitrogen and oxygen atoms in total. The van der Waals surface area contributed by atoms with Gasteiger partial charge in [-0.2, -0.15) is 0 Å². The second kappa shape index (κ2) is 9.97. The van der Waals surface area contributed by atoms with Gasteiger partial charge in [0.1, 0.15) is 0 Å². The molecule has 1 aromatic rings. The Labute approximate surface area is 166 Å². The number of rotatable bonds is 8. The molecule has 2 amide bonds. The summed E-state index contributed by atoms with van der Waals surface area (Å²) in [5.74, 6) is -0.0513. The lowest BCUT2D eigenvalue weighted by atomic mass is 10.2. The van der Waals surface area contributed by atoms with Crippen LogP contribution in [0.1, 0.15) is 24.2 Å². The maximum atomic E-state index is 12.7. The minimum absolute atomic E-state index is 0.0191. The van der Waals surface area contributed by atoms with Crippen LogP contribution in [0.2, 0.25) is 0 Å². The first kappa shape index (κ1) is 22.3. The maximum Gasteiger partial charge on any atom is 0.262 e. The van der Waals surface area contributed by atoms with Crippen LogP contribution in [0.15, 0.2) is 29.2 Å². The van der Waals surface area contributed by atoms with E-state index in [1.165, 1.54) is 31.4 Å². The average Bonchev–Trinajstić information content (AvgIpc) is 2.69. The Morgan fingerprint density at radius 3 is 2.14 bits per heavy atom. The van der Waals surface area contributed by atoms with Crippen molar-refractivity contribution in [2.75, 3.05) is 52.9 Å². The van der Waals surface area contributed by atoms with E-state index in [4.69, 9.17) is 0 Å². The average molecular weight is 413 g/mol. The topological polar surface area (TPSA) is 99.3 Å². The van der Waals surface area contributed by atoms with Crippen LogP contribution >= 0.6 is 0 Å². The van der Waals surface area contributed by atoms with E-state index < -0.39 is 10.0 Å². The summed E-state index contributed by atoms with van der Waals surface area (Å²) in [5, 5.41) is 0. The number of piperazine rings is 1. The first-order chi connectivity index (χ1) is 13.3. The van der Waals surface area contributed by atoms with Crippen LogP contribution in [0, 0.1) is 0 Å². The van der Waals surface area contributed by atoms with E-state index >= 15 is 0 Å². The molecule has 0 atom stereocenters. The van der Waals surface area contributed by atoms with E-state index in [-0.39, 0.29) is 16.7 Å². The predicted octanol–water partition coefficient (Wildman–Crippen LogP) is 0.153. The van der Waals surface area contributed by atoms with Gasteiger partial charge >= 0.3 is 0 Å². The number of nitrogens with zero attached hydrogens (tertiary/aromatic N) is 3. The molecule has 2 rings (SSSR count). The third-order valence-corrected chi connectivity index (χ3v) is 6.02. The number of sulfonamides is 1. The van der Waals surface area contributed by atoms with Crippen LogP contribution in [0.25, 0.3) is 0 Å². The molecule has 1 heterocycles. The fourth-order valence-electron chi connectivity index (χ4n) is 3.09. The largest absolute Gasteiger partial charge is 0.342 e. The van der Waals surface area contributed by atoms with Gasteiger partial charge in [-0.1, -0.05) is 4.89 Å². The van der Waals surface area contributed by atoms with Gasteiger partial charge < -0.3 is 9.80 Å². The molecule has 10 heteroatoms. The number of carbonyl (C=O) groups is 2. The van der Waals surface area contributed by atoms with Crippen molar-refractivity contribution in [1.29, 1.82) is 0 Å². The highest BCUT2D eigenvalue weighted by molar-refractivity contribution is 7.89. The Hall–Kier alpha value is -2.01. The van der Waals surface area contributed by atoms with Crippen molar-refractivity contribution < 1.29 is 22.8 Å². The Balaban J connectivity index is 1.92. The normalized spacial score (nSPS) is 15.5. The lowest BCUT2D eigenvalue weighted by Crippen LogP contribution is -2.51. The zero-order valence-electron chi connectivity index (χ0n) is 16.6. The number of likely N-dealkylation sites (N-methyl/N-ethyl adjacent to an activating group) is 1. The number of benzene rings is 1. The van der Waals surface area contributed by atoms with Gasteiger partial charge in [-0.05, 0) is 38.1 Å². The van der Waals surface area contributed by atoms with Crippen molar-refractivity contribution in [1.82, 2.24) is 19.6 Å². The summed E-state index contributed by atoms with van der Waals surface area (Å²) < 4.78 is 23.7. The molecule has 1 fully saturated rings. The van der Waals surface area contributed by atoms with E-state index in [0.29, 0.717) is 51.4 Å². The number of amides is 2. The van der Waals surface area contributed by atoms with E-state index in [2.05, 4.69) is 9.74 Å². The summed E-state index contributed by atoms with van der Waals surface area (Å²) in [6.07, 6.45) is 0. The van der Waals surface area contributed by atoms with Crippen molar-refractivity contribution >= 4 is 21.8 Å². The molecular formula is C18H28N4O5S. The Morgan fingerprint density at radius 2 is 1.64 bits per heavy atom. The van der Waals surface area contributed by atoms with Gasteiger partial charge in [0.05, 0.1) is 18.6 Å². The molecular weight excluding hydrogens is 384 g/mol. The number of nitrogens with one attached hydrogen (secondary N) is 1. The lowest BCUT2D eigenvalue weighted by Gasteiger charge is -2.35. The fourth-order valence-corrected chi connectivity index (χ4v) is 3.90. The van der Waals surface area contributed by atoms with Gasteiger partial charge in [-0.15, -0.1) is 0 Å². The molecule has 0 radical (unpaired) electrons. The van der Waals surface area contributed by atoms with Gasteiger partial charge in [0.15, 0.2) is 0 Å². The minimum atomic E-state index is -3.75. The van der Waals surface area contributed by atoms with Gasteiger partial charge in [-0.25, -0.2) is 8.42 Å². The second-order valence-electron chi connectivity index (χ2n) is 6.45. The van der Waals surface area contributed by atoms with Gasteiger partial charge in [0.2, 0.25) is 5.91 Å². The van der Waals surface area contributed by atoms with E-state index in [9.17, 15) is 18.0 Å². The molecule has 28 heavy (non-hydrogen) atoms. The zero-order valence-corrected chi connectivity index (χ0v) is 17.4. The third kappa shape index (κ3) is 5.51. The first-order valence-electron chi connectivity index (χ1n) is 9.26. The monoisotopic (exact) mass is 412 g/mol. The van der Waals surface area contributed by atoms with Crippen molar-refractivity contribution in [3.05, 3.63) is 29.8 Å². The highest BCUT2D eigenvalue weighted by Gasteiger charge is 2.24. The van der Waals surface area contributed by atoms with E-state index in [1.807, 2.05) is 18.7 Å². The molecule has 1 aliphatic heterocycles. The zero-order chi connectivity index (χ0) is 20.7. The summed E-state index contributed by atoms with van der Waals surface area (Å²) in [7, 11) is -2.53. The van der Waals surface area contributed by atoms with Crippen LogP contribution in [0.3, 0.4) is 0 Å². The summed E-state index contributed by atoms with van der Waals surface area (Å²) >= 11 is 0. The smallest absolute Gasteiger partial charge is 0.262 e. The van der Waals surface area contributed by atoms with E-state index in [0.717, 1.165) is 0 Å². The first-order valence-corrected chi connectivity index (χ1v) is 10.7. The van der Waals surface area contributed by atoms with Crippen LogP contribution in [-0.4, -0.2) is 87.9 Å². The Kier molecular flexibility index (Phi) is 7.93. The lowest BCUT2D eigenvalue weighted by molar-refractivity contribution is -0.132. The molecule has 1 saturated heterocycles. The van der Waals surface area contributed by atoms with Crippen molar-refractivity contribution in [3.63, 3.8) is 0 Å². The number of carbonyl (C=O) groups excluding carboxylic acids is 2. The minimum Gasteiger partial charge on any atom is -0.342 e. The number of hydrogen-bond donors (Lipinski definition) is 1. The fraction of sp³-hybridized carbons (Fsp3) is 0.556. The highest BCUT2D eigenvalue weighted by Crippen LogP contribution is 2.14. The molecule has 0 aliphatic carbocycles. The van der Waals surface area contributed by atoms with Crippen molar-refractivity contribution in [2.24, 2.45) is 0 Å². The molecule has 0 bridgehead atoms. The van der Waals surface area contributed by atoms with Gasteiger partial charge in [-0.3, -0.25) is 19.3 Å². The predicted molar refractivity (Wildman–Crippen MR) is 104 cm³/mol.